The number of hydrogen-bond acceptors (Lipinski definition) is 6. The number of aryl methyl sites for hydroxylation is 1. The van der Waals surface area contributed by atoms with Crippen LogP contribution in [0.5, 0.6) is 0 Å². The standard InChI is InChI=1S/C16H18F2N4O2S/c1-10-7-15(22(2)12-5-6-25(23,24)9-12)21-16(19-10)20-14-4-3-11(17)8-13(14)18/h3-4,7-8,12H,5-6,9H2,1-2H3,(H,19,20,21). The maximum absolute atomic E-state index is 13.8. The molecule has 0 aliphatic carbocycles. The number of rotatable bonds is 4. The van der Waals surface area contributed by atoms with Gasteiger partial charge in [0.25, 0.3) is 0 Å². The Balaban J connectivity index is 1.85. The second-order valence-electron chi connectivity index (χ2n) is 6.11. The first-order valence-corrected chi connectivity index (χ1v) is 9.57. The van der Waals surface area contributed by atoms with E-state index in [0.29, 0.717) is 17.9 Å². The summed E-state index contributed by atoms with van der Waals surface area (Å²) in [6, 6.07) is 4.75. The molecule has 2 heterocycles. The van der Waals surface area contributed by atoms with Crippen molar-refractivity contribution in [1.29, 1.82) is 0 Å². The Morgan fingerprint density at radius 3 is 2.64 bits per heavy atom. The third-order valence-electron chi connectivity index (χ3n) is 4.14. The Kier molecular flexibility index (Phi) is 4.59. The average Bonchev–Trinajstić information content (AvgIpc) is 2.89. The zero-order chi connectivity index (χ0) is 18.2. The normalized spacial score (nSPS) is 19.0. The number of benzene rings is 1. The zero-order valence-electron chi connectivity index (χ0n) is 13.8. The molecule has 1 N–H and O–H groups in total. The van der Waals surface area contributed by atoms with Crippen LogP contribution in [0.4, 0.5) is 26.2 Å². The van der Waals surface area contributed by atoms with E-state index in [0.717, 1.165) is 12.1 Å². The molecule has 25 heavy (non-hydrogen) atoms. The van der Waals surface area contributed by atoms with Gasteiger partial charge in [-0.3, -0.25) is 0 Å². The summed E-state index contributed by atoms with van der Waals surface area (Å²) < 4.78 is 50.1. The number of sulfone groups is 1. The van der Waals surface area contributed by atoms with Crippen molar-refractivity contribution in [2.75, 3.05) is 28.8 Å². The highest BCUT2D eigenvalue weighted by Gasteiger charge is 2.31. The van der Waals surface area contributed by atoms with Gasteiger partial charge in [0.05, 0.1) is 17.2 Å². The van der Waals surface area contributed by atoms with Gasteiger partial charge in [-0.25, -0.2) is 22.2 Å². The molecular weight excluding hydrogens is 350 g/mol. The molecule has 0 bridgehead atoms. The van der Waals surface area contributed by atoms with Gasteiger partial charge in [-0.15, -0.1) is 0 Å². The molecule has 0 amide bonds. The van der Waals surface area contributed by atoms with Crippen LogP contribution in [-0.4, -0.2) is 43.0 Å². The van der Waals surface area contributed by atoms with Crippen molar-refractivity contribution in [3.8, 4) is 0 Å². The molecule has 6 nitrogen and oxygen atoms in total. The fourth-order valence-corrected chi connectivity index (χ4v) is 4.54. The van der Waals surface area contributed by atoms with E-state index in [1.807, 2.05) is 0 Å². The quantitative estimate of drug-likeness (QED) is 0.893. The lowest BCUT2D eigenvalue weighted by atomic mass is 10.2. The van der Waals surface area contributed by atoms with E-state index in [1.165, 1.54) is 6.07 Å². The molecule has 3 rings (SSSR count). The van der Waals surface area contributed by atoms with Crippen LogP contribution in [0, 0.1) is 18.6 Å². The topological polar surface area (TPSA) is 75.2 Å². The first-order chi connectivity index (χ1) is 11.7. The molecule has 1 aromatic heterocycles. The van der Waals surface area contributed by atoms with E-state index in [-0.39, 0.29) is 29.2 Å². The Bertz CT molecular complexity index is 905. The van der Waals surface area contributed by atoms with Crippen LogP contribution < -0.4 is 10.2 Å². The summed E-state index contributed by atoms with van der Waals surface area (Å²) in [5.41, 5.74) is 0.701. The summed E-state index contributed by atoms with van der Waals surface area (Å²) in [6.45, 7) is 1.76. The third kappa shape index (κ3) is 4.04. The van der Waals surface area contributed by atoms with Gasteiger partial charge in [0.15, 0.2) is 9.84 Å². The Hall–Kier alpha value is -2.29. The van der Waals surface area contributed by atoms with Crippen molar-refractivity contribution >= 4 is 27.3 Å². The monoisotopic (exact) mass is 368 g/mol. The minimum atomic E-state index is -3.01. The van der Waals surface area contributed by atoms with Crippen LogP contribution in [0.25, 0.3) is 0 Å². The van der Waals surface area contributed by atoms with Gasteiger partial charge in [-0.2, -0.15) is 4.98 Å². The van der Waals surface area contributed by atoms with Gasteiger partial charge < -0.3 is 10.2 Å². The Morgan fingerprint density at radius 1 is 1.24 bits per heavy atom. The van der Waals surface area contributed by atoms with Crippen molar-refractivity contribution in [2.24, 2.45) is 0 Å². The van der Waals surface area contributed by atoms with Crippen molar-refractivity contribution in [3.63, 3.8) is 0 Å². The number of halogens is 2. The third-order valence-corrected chi connectivity index (χ3v) is 5.89. The van der Waals surface area contributed by atoms with Crippen LogP contribution >= 0.6 is 0 Å². The van der Waals surface area contributed by atoms with Gasteiger partial charge in [0, 0.05) is 30.9 Å². The largest absolute Gasteiger partial charge is 0.355 e. The lowest BCUT2D eigenvalue weighted by Gasteiger charge is -2.25. The number of hydrogen-bond donors (Lipinski definition) is 1. The fraction of sp³-hybridized carbons (Fsp3) is 0.375. The summed E-state index contributed by atoms with van der Waals surface area (Å²) in [5.74, 6) is -0.467. The van der Waals surface area contributed by atoms with Crippen LogP contribution in [0.2, 0.25) is 0 Å². The van der Waals surface area contributed by atoms with Crippen LogP contribution in [0.1, 0.15) is 12.1 Å². The average molecular weight is 368 g/mol. The van der Waals surface area contributed by atoms with E-state index in [9.17, 15) is 17.2 Å². The predicted molar refractivity (Wildman–Crippen MR) is 91.9 cm³/mol. The second-order valence-corrected chi connectivity index (χ2v) is 8.34. The zero-order valence-corrected chi connectivity index (χ0v) is 14.6. The lowest BCUT2D eigenvalue weighted by molar-refractivity contribution is 0.585. The molecule has 9 heteroatoms. The molecule has 0 radical (unpaired) electrons. The van der Waals surface area contributed by atoms with Crippen LogP contribution in [-0.2, 0) is 9.84 Å². The highest BCUT2D eigenvalue weighted by molar-refractivity contribution is 7.91. The Morgan fingerprint density at radius 2 is 2.00 bits per heavy atom. The van der Waals surface area contributed by atoms with Crippen molar-refractivity contribution in [3.05, 3.63) is 41.6 Å². The van der Waals surface area contributed by atoms with E-state index in [2.05, 4.69) is 15.3 Å². The van der Waals surface area contributed by atoms with Gasteiger partial charge in [-0.1, -0.05) is 0 Å². The highest BCUT2D eigenvalue weighted by Crippen LogP contribution is 2.24. The second kappa shape index (κ2) is 6.55. The molecule has 1 aromatic carbocycles. The SMILES string of the molecule is Cc1cc(N(C)C2CCS(=O)(=O)C2)nc(Nc2ccc(F)cc2F)n1. The maximum Gasteiger partial charge on any atom is 0.229 e. The van der Waals surface area contributed by atoms with Crippen LogP contribution in [0.15, 0.2) is 24.3 Å². The van der Waals surface area contributed by atoms with Crippen molar-refractivity contribution in [1.82, 2.24) is 9.97 Å². The van der Waals surface area contributed by atoms with Crippen molar-refractivity contribution in [2.45, 2.75) is 19.4 Å². The maximum atomic E-state index is 13.8. The number of anilines is 3. The summed E-state index contributed by atoms with van der Waals surface area (Å²) in [5, 5.41) is 2.73. The van der Waals surface area contributed by atoms with Gasteiger partial charge in [0.2, 0.25) is 5.95 Å². The first-order valence-electron chi connectivity index (χ1n) is 7.74. The minimum Gasteiger partial charge on any atom is -0.355 e. The molecule has 1 aliphatic rings. The lowest BCUT2D eigenvalue weighted by Crippen LogP contribution is -2.33. The van der Waals surface area contributed by atoms with E-state index in [1.54, 1.807) is 24.9 Å². The number of nitrogens with zero attached hydrogens (tertiary/aromatic N) is 3. The molecule has 1 aliphatic heterocycles. The molecule has 134 valence electrons. The number of aromatic nitrogens is 2. The molecule has 2 aromatic rings. The van der Waals surface area contributed by atoms with Gasteiger partial charge >= 0.3 is 0 Å². The Labute approximate surface area is 144 Å². The molecule has 0 spiro atoms. The smallest absolute Gasteiger partial charge is 0.229 e. The summed E-state index contributed by atoms with van der Waals surface area (Å²) in [6.07, 6.45) is 0.539. The molecule has 1 fully saturated rings. The van der Waals surface area contributed by atoms with Gasteiger partial charge in [0.1, 0.15) is 17.5 Å². The van der Waals surface area contributed by atoms with E-state index < -0.39 is 21.5 Å². The minimum absolute atomic E-state index is 0.0593. The van der Waals surface area contributed by atoms with Crippen molar-refractivity contribution < 1.29 is 17.2 Å². The summed E-state index contributed by atoms with van der Waals surface area (Å²) in [7, 11) is -1.24. The molecular formula is C16H18F2N4O2S. The molecule has 0 saturated carbocycles. The van der Waals surface area contributed by atoms with E-state index >= 15 is 0 Å². The van der Waals surface area contributed by atoms with Gasteiger partial charge in [-0.05, 0) is 25.5 Å². The molecule has 1 atom stereocenters. The summed E-state index contributed by atoms with van der Waals surface area (Å²) >= 11 is 0. The number of nitrogens with one attached hydrogen (secondary N) is 1. The van der Waals surface area contributed by atoms with E-state index in [4.69, 9.17) is 0 Å². The first kappa shape index (κ1) is 17.5. The molecule has 1 unspecified atom stereocenters. The predicted octanol–water partition coefficient (Wildman–Crippen LogP) is 2.43. The molecule has 1 saturated heterocycles. The fourth-order valence-electron chi connectivity index (χ4n) is 2.77. The summed E-state index contributed by atoms with van der Waals surface area (Å²) in [4.78, 5) is 10.3. The highest BCUT2D eigenvalue weighted by atomic mass is 32.2. The van der Waals surface area contributed by atoms with Crippen LogP contribution in [0.3, 0.4) is 0 Å².